The highest BCUT2D eigenvalue weighted by Gasteiger charge is 2.18. The predicted molar refractivity (Wildman–Crippen MR) is 66.8 cm³/mol. The Kier molecular flexibility index (Phi) is 4.99. The normalized spacial score (nSPS) is 22.4. The monoisotopic (exact) mass is 247 g/mol. The molecule has 3 nitrogen and oxygen atoms in total. The van der Waals surface area contributed by atoms with Crippen molar-refractivity contribution in [2.24, 2.45) is 0 Å². The smallest absolute Gasteiger partial charge is 0.0897 e. The van der Waals surface area contributed by atoms with Crippen LogP contribution in [0.2, 0.25) is 0 Å². The summed E-state index contributed by atoms with van der Waals surface area (Å²) in [4.78, 5) is 6.99. The number of aromatic nitrogens is 1. The summed E-state index contributed by atoms with van der Waals surface area (Å²) >= 11 is 1.74. The van der Waals surface area contributed by atoms with Crippen LogP contribution in [0.3, 0.4) is 0 Å². The van der Waals surface area contributed by atoms with E-state index in [1.165, 1.54) is 10.7 Å². The van der Waals surface area contributed by atoms with Gasteiger partial charge in [-0.3, -0.25) is 4.90 Å². The van der Waals surface area contributed by atoms with Crippen molar-refractivity contribution in [2.45, 2.75) is 26.4 Å². The van der Waals surface area contributed by atoms with Crippen LogP contribution in [-0.2, 0) is 6.54 Å². The van der Waals surface area contributed by atoms with E-state index in [0.717, 1.165) is 26.2 Å². The average molecular weight is 248 g/mol. The summed E-state index contributed by atoms with van der Waals surface area (Å²) in [6.45, 7) is 8.68. The molecule has 0 saturated carbocycles. The Bertz CT molecular complexity index is 303. The van der Waals surface area contributed by atoms with Crippen LogP contribution in [0, 0.1) is 6.92 Å². The molecule has 0 radical (unpaired) electrons. The van der Waals surface area contributed by atoms with E-state index in [9.17, 15) is 0 Å². The van der Waals surface area contributed by atoms with E-state index >= 15 is 0 Å². The van der Waals surface area contributed by atoms with E-state index in [-0.39, 0.29) is 12.4 Å². The maximum atomic E-state index is 4.50. The lowest BCUT2D eigenvalue weighted by Gasteiger charge is -2.33. The molecular weight excluding hydrogens is 230 g/mol. The molecule has 0 amide bonds. The van der Waals surface area contributed by atoms with Crippen molar-refractivity contribution >= 4 is 23.7 Å². The Labute approximate surface area is 101 Å². The van der Waals surface area contributed by atoms with E-state index in [1.54, 1.807) is 11.3 Å². The number of hydrogen-bond acceptors (Lipinski definition) is 4. The van der Waals surface area contributed by atoms with Crippen molar-refractivity contribution in [3.63, 3.8) is 0 Å². The van der Waals surface area contributed by atoms with Crippen LogP contribution in [0.25, 0.3) is 0 Å². The largest absolute Gasteiger partial charge is 0.314 e. The Morgan fingerprint density at radius 3 is 3.07 bits per heavy atom. The quantitative estimate of drug-likeness (QED) is 0.862. The molecule has 86 valence electrons. The van der Waals surface area contributed by atoms with Gasteiger partial charge in [0.25, 0.3) is 0 Å². The van der Waals surface area contributed by atoms with E-state index in [1.807, 2.05) is 0 Å². The first kappa shape index (κ1) is 12.9. The number of rotatable bonds is 2. The summed E-state index contributed by atoms with van der Waals surface area (Å²) in [6, 6.07) is 0.630. The first-order valence-corrected chi connectivity index (χ1v) is 5.99. The molecule has 1 N–H and O–H groups in total. The zero-order chi connectivity index (χ0) is 9.97. The van der Waals surface area contributed by atoms with Gasteiger partial charge in [0.1, 0.15) is 0 Å². The molecule has 0 aliphatic carbocycles. The SMILES string of the molecule is Cc1nc(CN2CCNCC2C)cs1.Cl. The summed E-state index contributed by atoms with van der Waals surface area (Å²) < 4.78 is 0. The van der Waals surface area contributed by atoms with Crippen molar-refractivity contribution in [1.82, 2.24) is 15.2 Å². The molecule has 5 heteroatoms. The second-order valence-electron chi connectivity index (χ2n) is 3.88. The van der Waals surface area contributed by atoms with Crippen molar-refractivity contribution in [1.29, 1.82) is 0 Å². The maximum absolute atomic E-state index is 4.50. The van der Waals surface area contributed by atoms with Gasteiger partial charge in [0.2, 0.25) is 0 Å². The third kappa shape index (κ3) is 3.41. The molecule has 1 aliphatic rings. The summed E-state index contributed by atoms with van der Waals surface area (Å²) in [5, 5.41) is 6.74. The number of hydrogen-bond donors (Lipinski definition) is 1. The van der Waals surface area contributed by atoms with Crippen LogP contribution in [0.5, 0.6) is 0 Å². The summed E-state index contributed by atoms with van der Waals surface area (Å²) in [5.74, 6) is 0. The van der Waals surface area contributed by atoms with Gasteiger partial charge in [0.15, 0.2) is 0 Å². The molecule has 1 fully saturated rings. The third-order valence-corrected chi connectivity index (χ3v) is 3.49. The van der Waals surface area contributed by atoms with Gasteiger partial charge in [-0.1, -0.05) is 0 Å². The summed E-state index contributed by atoms with van der Waals surface area (Å²) in [7, 11) is 0. The summed E-state index contributed by atoms with van der Waals surface area (Å²) in [6.07, 6.45) is 0. The minimum absolute atomic E-state index is 0. The van der Waals surface area contributed by atoms with Crippen molar-refractivity contribution < 1.29 is 0 Å². The molecule has 0 spiro atoms. The van der Waals surface area contributed by atoms with E-state index < -0.39 is 0 Å². The fourth-order valence-corrected chi connectivity index (χ4v) is 2.41. The molecule has 0 aromatic carbocycles. The molecule has 1 unspecified atom stereocenters. The number of aryl methyl sites for hydroxylation is 1. The highest BCUT2D eigenvalue weighted by Crippen LogP contribution is 2.12. The Morgan fingerprint density at radius 1 is 1.67 bits per heavy atom. The highest BCUT2D eigenvalue weighted by molar-refractivity contribution is 7.09. The number of piperazine rings is 1. The highest BCUT2D eigenvalue weighted by atomic mass is 35.5. The van der Waals surface area contributed by atoms with Crippen molar-refractivity contribution in [3.05, 3.63) is 16.1 Å². The van der Waals surface area contributed by atoms with Gasteiger partial charge in [-0.2, -0.15) is 0 Å². The Morgan fingerprint density at radius 2 is 2.47 bits per heavy atom. The van der Waals surface area contributed by atoms with Crippen molar-refractivity contribution in [2.75, 3.05) is 19.6 Å². The lowest BCUT2D eigenvalue weighted by Crippen LogP contribution is -2.49. The lowest BCUT2D eigenvalue weighted by atomic mass is 10.2. The maximum Gasteiger partial charge on any atom is 0.0897 e. The van der Waals surface area contributed by atoms with Gasteiger partial charge >= 0.3 is 0 Å². The lowest BCUT2D eigenvalue weighted by molar-refractivity contribution is 0.164. The van der Waals surface area contributed by atoms with Crippen molar-refractivity contribution in [3.8, 4) is 0 Å². The second-order valence-corrected chi connectivity index (χ2v) is 4.94. The molecule has 2 rings (SSSR count). The van der Waals surface area contributed by atoms with Gasteiger partial charge in [-0.05, 0) is 13.8 Å². The van der Waals surface area contributed by atoms with Crippen LogP contribution in [-0.4, -0.2) is 35.6 Å². The Hall–Kier alpha value is -0.160. The van der Waals surface area contributed by atoms with Crippen LogP contribution in [0.15, 0.2) is 5.38 Å². The van der Waals surface area contributed by atoms with Gasteiger partial charge in [-0.15, -0.1) is 23.7 Å². The standard InChI is InChI=1S/C10H17N3S.ClH/c1-8-5-11-3-4-13(8)6-10-7-14-9(2)12-10;/h7-8,11H,3-6H2,1-2H3;1H. The van der Waals surface area contributed by atoms with Crippen LogP contribution < -0.4 is 5.32 Å². The Balaban J connectivity index is 0.00000112. The number of nitrogens with zero attached hydrogens (tertiary/aromatic N) is 2. The molecule has 1 saturated heterocycles. The minimum Gasteiger partial charge on any atom is -0.314 e. The fraction of sp³-hybridized carbons (Fsp3) is 0.700. The molecule has 1 atom stereocenters. The van der Waals surface area contributed by atoms with E-state index in [0.29, 0.717) is 6.04 Å². The molecule has 0 bridgehead atoms. The number of thiazole rings is 1. The van der Waals surface area contributed by atoms with Gasteiger partial charge in [0, 0.05) is 37.6 Å². The third-order valence-electron chi connectivity index (χ3n) is 2.67. The zero-order valence-corrected chi connectivity index (χ0v) is 10.8. The first-order chi connectivity index (χ1) is 6.75. The van der Waals surface area contributed by atoms with E-state index in [2.05, 4.69) is 34.4 Å². The zero-order valence-electron chi connectivity index (χ0n) is 9.19. The fourth-order valence-electron chi connectivity index (χ4n) is 1.81. The minimum atomic E-state index is 0. The van der Waals surface area contributed by atoms with E-state index in [4.69, 9.17) is 0 Å². The molecule has 15 heavy (non-hydrogen) atoms. The van der Waals surface area contributed by atoms with Gasteiger partial charge in [-0.25, -0.2) is 4.98 Å². The number of nitrogens with one attached hydrogen (secondary N) is 1. The molecule has 2 heterocycles. The predicted octanol–water partition coefficient (Wildman–Crippen LogP) is 1.67. The van der Waals surface area contributed by atoms with Crippen LogP contribution in [0.4, 0.5) is 0 Å². The van der Waals surface area contributed by atoms with Crippen LogP contribution >= 0.6 is 23.7 Å². The molecular formula is C10H18ClN3S. The number of halogens is 1. The van der Waals surface area contributed by atoms with Crippen LogP contribution in [0.1, 0.15) is 17.6 Å². The molecule has 1 aliphatic heterocycles. The molecule has 1 aromatic heterocycles. The first-order valence-electron chi connectivity index (χ1n) is 5.11. The summed E-state index contributed by atoms with van der Waals surface area (Å²) in [5.41, 5.74) is 1.22. The second kappa shape index (κ2) is 5.80. The topological polar surface area (TPSA) is 28.2 Å². The van der Waals surface area contributed by atoms with Gasteiger partial charge < -0.3 is 5.32 Å². The average Bonchev–Trinajstić information content (AvgIpc) is 2.56. The molecule has 1 aromatic rings. The van der Waals surface area contributed by atoms with Gasteiger partial charge in [0.05, 0.1) is 10.7 Å².